The Morgan fingerprint density at radius 3 is 2.31 bits per heavy atom. The number of carbonyl (C=O) groups excluding carboxylic acids is 3. The van der Waals surface area contributed by atoms with E-state index in [2.05, 4.69) is 10.6 Å². The number of carbonyl (C=O) groups is 3. The van der Waals surface area contributed by atoms with E-state index < -0.39 is 60.2 Å². The molecule has 0 spiro atoms. The van der Waals surface area contributed by atoms with Gasteiger partial charge in [-0.3, -0.25) is 9.59 Å². The van der Waals surface area contributed by atoms with Crippen LogP contribution in [-0.2, 0) is 38.0 Å². The average Bonchev–Trinajstić information content (AvgIpc) is 3.45. The van der Waals surface area contributed by atoms with Crippen molar-refractivity contribution in [2.24, 2.45) is 5.41 Å². The summed E-state index contributed by atoms with van der Waals surface area (Å²) in [5.41, 5.74) is 0.112. The van der Waals surface area contributed by atoms with Crippen molar-refractivity contribution in [3.05, 3.63) is 35.9 Å². The molecule has 0 aromatic heterocycles. The van der Waals surface area contributed by atoms with E-state index in [9.17, 15) is 14.4 Å². The fourth-order valence-electron chi connectivity index (χ4n) is 4.93. The van der Waals surface area contributed by atoms with Crippen molar-refractivity contribution < 1.29 is 42.8 Å². The summed E-state index contributed by atoms with van der Waals surface area (Å²) in [5, 5.41) is 5.31. The molecule has 0 radical (unpaired) electrons. The summed E-state index contributed by atoms with van der Waals surface area (Å²) < 4.78 is 35.8. The molecular weight excluding hydrogens is 508 g/mol. The highest BCUT2D eigenvalue weighted by Gasteiger charge is 2.60. The highest BCUT2D eigenvalue weighted by atomic mass is 16.8. The summed E-state index contributed by atoms with van der Waals surface area (Å²) >= 11 is 0. The average molecular weight is 549 g/mol. The van der Waals surface area contributed by atoms with Crippen LogP contribution in [0.5, 0.6) is 0 Å². The summed E-state index contributed by atoms with van der Waals surface area (Å²) in [6, 6.07) is 7.59. The second kappa shape index (κ2) is 11.1. The summed E-state index contributed by atoms with van der Waals surface area (Å²) in [6.45, 7) is 12.9. The van der Waals surface area contributed by atoms with E-state index in [-0.39, 0.29) is 24.5 Å². The van der Waals surface area contributed by atoms with Crippen LogP contribution in [0.4, 0.5) is 0 Å². The van der Waals surface area contributed by atoms with E-state index in [1.54, 1.807) is 58.0 Å². The zero-order valence-corrected chi connectivity index (χ0v) is 23.6. The number of ether oxygens (including phenoxy) is 6. The SMILES string of the molecule is CC(C)(C)C[C@@H](NC(=O)CNC(=O)c1ccccc1)C(=O)OC1C2OC(C)(C)OC2O[C@@H]1[C@@H]1COC(C)(C)O1. The van der Waals surface area contributed by atoms with E-state index in [0.29, 0.717) is 12.0 Å². The quantitative estimate of drug-likeness (QED) is 0.470. The molecule has 3 fully saturated rings. The highest BCUT2D eigenvalue weighted by molar-refractivity contribution is 5.96. The normalized spacial score (nSPS) is 29.9. The van der Waals surface area contributed by atoms with Gasteiger partial charge in [0.2, 0.25) is 5.91 Å². The molecule has 3 aliphatic rings. The minimum Gasteiger partial charge on any atom is -0.455 e. The van der Waals surface area contributed by atoms with Crippen LogP contribution in [0.3, 0.4) is 0 Å². The largest absolute Gasteiger partial charge is 0.455 e. The van der Waals surface area contributed by atoms with Gasteiger partial charge in [-0.15, -0.1) is 0 Å². The van der Waals surface area contributed by atoms with Gasteiger partial charge >= 0.3 is 5.97 Å². The van der Waals surface area contributed by atoms with Gasteiger partial charge in [0.05, 0.1) is 13.2 Å². The number of hydrogen-bond acceptors (Lipinski definition) is 9. The molecule has 1 aromatic carbocycles. The summed E-state index contributed by atoms with van der Waals surface area (Å²) in [6.07, 6.45) is -3.20. The predicted molar refractivity (Wildman–Crippen MR) is 138 cm³/mol. The van der Waals surface area contributed by atoms with Gasteiger partial charge in [-0.2, -0.15) is 0 Å². The number of fused-ring (bicyclic) bond motifs is 1. The Morgan fingerprint density at radius 2 is 1.69 bits per heavy atom. The molecule has 2 N–H and O–H groups in total. The van der Waals surface area contributed by atoms with Crippen LogP contribution in [-0.4, -0.2) is 79.3 Å². The third-order valence-corrected chi connectivity index (χ3v) is 6.56. The van der Waals surface area contributed by atoms with Gasteiger partial charge in [-0.25, -0.2) is 4.79 Å². The lowest BCUT2D eigenvalue weighted by Gasteiger charge is -2.31. The lowest BCUT2D eigenvalue weighted by Crippen LogP contribution is -2.51. The molecule has 1 aromatic rings. The van der Waals surface area contributed by atoms with Gasteiger partial charge < -0.3 is 39.1 Å². The van der Waals surface area contributed by atoms with E-state index in [4.69, 9.17) is 28.4 Å². The minimum atomic E-state index is -0.974. The smallest absolute Gasteiger partial charge is 0.329 e. The van der Waals surface area contributed by atoms with Gasteiger partial charge in [0.25, 0.3) is 5.91 Å². The second-order valence-corrected chi connectivity index (χ2v) is 12.3. The van der Waals surface area contributed by atoms with Crippen LogP contribution in [0.25, 0.3) is 0 Å². The van der Waals surface area contributed by atoms with Gasteiger partial charge in [0.15, 0.2) is 30.1 Å². The molecule has 6 atom stereocenters. The topological polar surface area (TPSA) is 131 Å². The molecule has 0 bridgehead atoms. The van der Waals surface area contributed by atoms with E-state index >= 15 is 0 Å². The van der Waals surface area contributed by atoms with Crippen LogP contribution in [0.1, 0.15) is 65.2 Å². The number of benzene rings is 1. The highest BCUT2D eigenvalue weighted by Crippen LogP contribution is 2.42. The zero-order valence-electron chi connectivity index (χ0n) is 23.6. The first kappa shape index (κ1) is 29.4. The maximum atomic E-state index is 13.6. The summed E-state index contributed by atoms with van der Waals surface area (Å²) in [4.78, 5) is 38.7. The van der Waals surface area contributed by atoms with Crippen LogP contribution < -0.4 is 10.6 Å². The molecule has 0 aliphatic carbocycles. The number of nitrogens with one attached hydrogen (secondary N) is 2. The predicted octanol–water partition coefficient (Wildman–Crippen LogP) is 2.28. The van der Waals surface area contributed by atoms with Gasteiger partial charge in [0, 0.05) is 5.56 Å². The molecule has 4 rings (SSSR count). The molecule has 11 heteroatoms. The van der Waals surface area contributed by atoms with Crippen LogP contribution >= 0.6 is 0 Å². The molecule has 3 saturated heterocycles. The molecule has 3 aliphatic heterocycles. The van der Waals surface area contributed by atoms with E-state index in [1.807, 2.05) is 20.8 Å². The number of amides is 2. The van der Waals surface area contributed by atoms with Crippen molar-refractivity contribution in [3.63, 3.8) is 0 Å². The fraction of sp³-hybridized carbons (Fsp3) is 0.679. The molecule has 216 valence electrons. The standard InChI is InChI=1S/C28H40N2O9/c1-26(2,3)13-17(30-19(31)14-29-23(32)16-11-9-8-10-12-16)24(33)35-21-20(18-15-34-27(4,5)37-18)36-25-22(21)38-28(6,7)39-25/h8-12,17-18,20-22,25H,13-15H2,1-7H3,(H,29,32)(H,30,31)/t17-,18+,20-,21?,22?,25?/m1/s1. The molecule has 3 unspecified atom stereocenters. The van der Waals surface area contributed by atoms with E-state index in [1.165, 1.54) is 0 Å². The van der Waals surface area contributed by atoms with Crippen LogP contribution in [0.15, 0.2) is 30.3 Å². The number of rotatable bonds is 8. The molecular formula is C28H40N2O9. The maximum Gasteiger partial charge on any atom is 0.329 e. The summed E-state index contributed by atoms with van der Waals surface area (Å²) in [5.74, 6) is -3.28. The first-order chi connectivity index (χ1) is 18.1. The van der Waals surface area contributed by atoms with Gasteiger partial charge in [0.1, 0.15) is 18.2 Å². The molecule has 2 amide bonds. The van der Waals surface area contributed by atoms with Crippen molar-refractivity contribution in [2.45, 2.75) is 103 Å². The van der Waals surface area contributed by atoms with Gasteiger partial charge in [-0.1, -0.05) is 39.0 Å². The monoisotopic (exact) mass is 548 g/mol. The van der Waals surface area contributed by atoms with Crippen molar-refractivity contribution in [2.75, 3.05) is 13.2 Å². The van der Waals surface area contributed by atoms with Crippen molar-refractivity contribution >= 4 is 17.8 Å². The Labute approximate surface area is 229 Å². The fourth-order valence-corrected chi connectivity index (χ4v) is 4.93. The Kier molecular flexibility index (Phi) is 8.39. The third kappa shape index (κ3) is 7.55. The zero-order chi connectivity index (χ0) is 28.6. The van der Waals surface area contributed by atoms with Gasteiger partial charge in [-0.05, 0) is 51.7 Å². The van der Waals surface area contributed by atoms with E-state index in [0.717, 1.165) is 0 Å². The molecule has 39 heavy (non-hydrogen) atoms. The molecule has 0 saturated carbocycles. The number of hydrogen-bond donors (Lipinski definition) is 2. The lowest BCUT2D eigenvalue weighted by atomic mass is 9.88. The van der Waals surface area contributed by atoms with Crippen molar-refractivity contribution in [1.82, 2.24) is 10.6 Å². The Morgan fingerprint density at radius 1 is 1.00 bits per heavy atom. The van der Waals surface area contributed by atoms with Crippen LogP contribution in [0.2, 0.25) is 0 Å². The van der Waals surface area contributed by atoms with Crippen molar-refractivity contribution in [3.8, 4) is 0 Å². The maximum absolute atomic E-state index is 13.6. The molecule has 3 heterocycles. The Bertz CT molecular complexity index is 1050. The lowest BCUT2D eigenvalue weighted by molar-refractivity contribution is -0.235. The van der Waals surface area contributed by atoms with Crippen molar-refractivity contribution in [1.29, 1.82) is 0 Å². The minimum absolute atomic E-state index is 0.248. The Balaban J connectivity index is 1.45. The number of esters is 1. The Hall–Kier alpha value is -2.57. The summed E-state index contributed by atoms with van der Waals surface area (Å²) in [7, 11) is 0. The second-order valence-electron chi connectivity index (χ2n) is 12.3. The van der Waals surface area contributed by atoms with Crippen LogP contribution in [0, 0.1) is 5.41 Å². The molecule has 11 nitrogen and oxygen atoms in total. The first-order valence-corrected chi connectivity index (χ1v) is 13.3. The first-order valence-electron chi connectivity index (χ1n) is 13.3. The third-order valence-electron chi connectivity index (χ3n) is 6.56.